The van der Waals surface area contributed by atoms with Gasteiger partial charge < -0.3 is 10.2 Å². The topological polar surface area (TPSA) is 58.1 Å². The van der Waals surface area contributed by atoms with E-state index in [-0.39, 0.29) is 5.91 Å². The van der Waals surface area contributed by atoms with Crippen LogP contribution < -0.4 is 10.2 Å². The molecule has 1 aromatic carbocycles. The van der Waals surface area contributed by atoms with Gasteiger partial charge in [0.15, 0.2) is 0 Å². The van der Waals surface area contributed by atoms with Crippen LogP contribution in [0.2, 0.25) is 5.02 Å². The number of hydrogen-bond donors (Lipinski definition) is 1. The van der Waals surface area contributed by atoms with Gasteiger partial charge in [-0.3, -0.25) is 4.79 Å². The minimum Gasteiger partial charge on any atom is -0.355 e. The van der Waals surface area contributed by atoms with E-state index in [2.05, 4.69) is 27.1 Å². The Morgan fingerprint density at radius 1 is 1.33 bits per heavy atom. The van der Waals surface area contributed by atoms with Crippen LogP contribution in [0.4, 0.5) is 5.82 Å². The van der Waals surface area contributed by atoms with E-state index in [0.717, 1.165) is 24.5 Å². The van der Waals surface area contributed by atoms with E-state index in [1.807, 2.05) is 18.2 Å². The first-order chi connectivity index (χ1) is 11.6. The van der Waals surface area contributed by atoms with Crippen molar-refractivity contribution in [2.24, 2.45) is 5.92 Å². The molecule has 1 aromatic heterocycles. The molecule has 0 saturated carbocycles. The highest BCUT2D eigenvalue weighted by Crippen LogP contribution is 2.20. The Bertz CT molecular complexity index is 704. The van der Waals surface area contributed by atoms with E-state index in [1.54, 1.807) is 12.3 Å². The van der Waals surface area contributed by atoms with E-state index < -0.39 is 0 Å². The van der Waals surface area contributed by atoms with Gasteiger partial charge >= 0.3 is 0 Å². The summed E-state index contributed by atoms with van der Waals surface area (Å²) in [5, 5.41) is 3.46. The van der Waals surface area contributed by atoms with E-state index in [4.69, 9.17) is 11.6 Å². The Hall–Kier alpha value is -2.14. The van der Waals surface area contributed by atoms with Crippen LogP contribution in [-0.4, -0.2) is 29.0 Å². The van der Waals surface area contributed by atoms with Gasteiger partial charge in [-0.05, 0) is 30.4 Å². The number of aromatic nitrogens is 2. The lowest BCUT2D eigenvalue weighted by atomic mass is 10.0. The molecule has 24 heavy (non-hydrogen) atoms. The summed E-state index contributed by atoms with van der Waals surface area (Å²) < 4.78 is 0. The third-order valence-electron chi connectivity index (χ3n) is 4.25. The van der Waals surface area contributed by atoms with Crippen LogP contribution in [0.15, 0.2) is 36.7 Å². The summed E-state index contributed by atoms with van der Waals surface area (Å²) in [5.41, 5.74) is 1.19. The SMILES string of the molecule is CC1CCCN(c2cnc(C(=O)NCc3ccccc3Cl)cn2)C1. The van der Waals surface area contributed by atoms with Crippen molar-refractivity contribution in [2.45, 2.75) is 26.3 Å². The summed E-state index contributed by atoms with van der Waals surface area (Å²) in [6, 6.07) is 7.44. The Kier molecular flexibility index (Phi) is 5.30. The summed E-state index contributed by atoms with van der Waals surface area (Å²) in [4.78, 5) is 23.1. The lowest BCUT2D eigenvalue weighted by Gasteiger charge is -2.31. The van der Waals surface area contributed by atoms with Gasteiger partial charge in [-0.15, -0.1) is 0 Å². The molecule has 1 fully saturated rings. The standard InChI is InChI=1S/C18H21ClN4O/c1-13-5-4-8-23(12-13)17-11-20-16(10-21-17)18(24)22-9-14-6-2-3-7-15(14)19/h2-3,6-7,10-11,13H,4-5,8-9,12H2,1H3,(H,22,24). The van der Waals surface area contributed by atoms with Gasteiger partial charge in [0.1, 0.15) is 11.5 Å². The van der Waals surface area contributed by atoms with Crippen molar-refractivity contribution in [3.05, 3.63) is 52.9 Å². The molecule has 1 amide bonds. The van der Waals surface area contributed by atoms with Crippen LogP contribution in [0.1, 0.15) is 35.8 Å². The number of anilines is 1. The summed E-state index contributed by atoms with van der Waals surface area (Å²) >= 11 is 6.09. The fourth-order valence-electron chi connectivity index (χ4n) is 2.91. The first kappa shape index (κ1) is 16.7. The molecule has 2 aromatic rings. The summed E-state index contributed by atoms with van der Waals surface area (Å²) in [6.07, 6.45) is 5.65. The molecule has 5 nitrogen and oxygen atoms in total. The average Bonchev–Trinajstić information content (AvgIpc) is 2.61. The largest absolute Gasteiger partial charge is 0.355 e. The van der Waals surface area contributed by atoms with Crippen LogP contribution in [0, 0.1) is 5.92 Å². The average molecular weight is 345 g/mol. The number of piperidine rings is 1. The van der Waals surface area contributed by atoms with Crippen molar-refractivity contribution in [2.75, 3.05) is 18.0 Å². The minimum atomic E-state index is -0.249. The number of nitrogens with zero attached hydrogens (tertiary/aromatic N) is 3. The highest BCUT2D eigenvalue weighted by molar-refractivity contribution is 6.31. The normalized spacial score (nSPS) is 17.6. The van der Waals surface area contributed by atoms with Crippen LogP contribution in [0.3, 0.4) is 0 Å². The van der Waals surface area contributed by atoms with Crippen molar-refractivity contribution in [3.63, 3.8) is 0 Å². The molecule has 2 heterocycles. The maximum atomic E-state index is 12.2. The predicted molar refractivity (Wildman–Crippen MR) is 95.3 cm³/mol. The zero-order chi connectivity index (χ0) is 16.9. The second-order valence-corrected chi connectivity index (χ2v) is 6.63. The molecule has 3 rings (SSSR count). The highest BCUT2D eigenvalue weighted by atomic mass is 35.5. The second-order valence-electron chi connectivity index (χ2n) is 6.23. The summed E-state index contributed by atoms with van der Waals surface area (Å²) in [7, 11) is 0. The van der Waals surface area contributed by atoms with Crippen LogP contribution in [-0.2, 0) is 6.54 Å². The van der Waals surface area contributed by atoms with Crippen molar-refractivity contribution in [3.8, 4) is 0 Å². The fourth-order valence-corrected chi connectivity index (χ4v) is 3.11. The Morgan fingerprint density at radius 3 is 2.88 bits per heavy atom. The van der Waals surface area contributed by atoms with Gasteiger partial charge in [-0.2, -0.15) is 0 Å². The lowest BCUT2D eigenvalue weighted by Crippen LogP contribution is -2.35. The molecule has 1 aliphatic heterocycles. The Morgan fingerprint density at radius 2 is 2.17 bits per heavy atom. The number of rotatable bonds is 4. The number of carbonyl (C=O) groups is 1. The Balaban J connectivity index is 1.60. The minimum absolute atomic E-state index is 0.249. The molecule has 1 N–H and O–H groups in total. The van der Waals surface area contributed by atoms with E-state index in [9.17, 15) is 4.79 Å². The number of nitrogens with one attached hydrogen (secondary N) is 1. The van der Waals surface area contributed by atoms with E-state index >= 15 is 0 Å². The number of hydrogen-bond acceptors (Lipinski definition) is 4. The maximum Gasteiger partial charge on any atom is 0.271 e. The number of benzene rings is 1. The summed E-state index contributed by atoms with van der Waals surface area (Å²) in [6.45, 7) is 4.60. The zero-order valence-electron chi connectivity index (χ0n) is 13.7. The molecule has 1 atom stereocenters. The monoisotopic (exact) mass is 344 g/mol. The number of halogens is 1. The molecule has 1 saturated heterocycles. The van der Waals surface area contributed by atoms with Crippen LogP contribution in [0.5, 0.6) is 0 Å². The van der Waals surface area contributed by atoms with Gasteiger partial charge in [-0.1, -0.05) is 36.7 Å². The first-order valence-corrected chi connectivity index (χ1v) is 8.60. The summed E-state index contributed by atoms with van der Waals surface area (Å²) in [5.74, 6) is 1.25. The second kappa shape index (κ2) is 7.62. The molecule has 0 radical (unpaired) electrons. The number of amides is 1. The number of carbonyl (C=O) groups excluding carboxylic acids is 1. The first-order valence-electron chi connectivity index (χ1n) is 8.22. The molecule has 6 heteroatoms. The molecule has 1 aliphatic rings. The zero-order valence-corrected chi connectivity index (χ0v) is 14.5. The van der Waals surface area contributed by atoms with Crippen molar-refractivity contribution < 1.29 is 4.79 Å². The molecule has 126 valence electrons. The molecule has 0 bridgehead atoms. The van der Waals surface area contributed by atoms with E-state index in [0.29, 0.717) is 23.2 Å². The van der Waals surface area contributed by atoms with Gasteiger partial charge in [0.2, 0.25) is 0 Å². The Labute approximate surface area is 147 Å². The van der Waals surface area contributed by atoms with Crippen molar-refractivity contribution in [1.29, 1.82) is 0 Å². The predicted octanol–water partition coefficient (Wildman–Crippen LogP) is 3.30. The van der Waals surface area contributed by atoms with Crippen LogP contribution in [0.25, 0.3) is 0 Å². The van der Waals surface area contributed by atoms with Crippen molar-refractivity contribution >= 4 is 23.3 Å². The van der Waals surface area contributed by atoms with Crippen molar-refractivity contribution in [1.82, 2.24) is 15.3 Å². The molecule has 0 aliphatic carbocycles. The molecule has 0 spiro atoms. The smallest absolute Gasteiger partial charge is 0.271 e. The maximum absolute atomic E-state index is 12.2. The molecule has 1 unspecified atom stereocenters. The van der Waals surface area contributed by atoms with Gasteiger partial charge in [0.05, 0.1) is 12.4 Å². The van der Waals surface area contributed by atoms with Crippen LogP contribution >= 0.6 is 11.6 Å². The fraction of sp³-hybridized carbons (Fsp3) is 0.389. The quantitative estimate of drug-likeness (QED) is 0.924. The van der Waals surface area contributed by atoms with Gasteiger partial charge in [0.25, 0.3) is 5.91 Å². The van der Waals surface area contributed by atoms with Gasteiger partial charge in [-0.25, -0.2) is 9.97 Å². The lowest BCUT2D eigenvalue weighted by molar-refractivity contribution is 0.0945. The third-order valence-corrected chi connectivity index (χ3v) is 4.62. The molecular weight excluding hydrogens is 324 g/mol. The molecular formula is C18H21ClN4O. The van der Waals surface area contributed by atoms with E-state index in [1.165, 1.54) is 19.0 Å². The van der Waals surface area contributed by atoms with Gasteiger partial charge in [0, 0.05) is 24.7 Å². The third kappa shape index (κ3) is 4.03. The highest BCUT2D eigenvalue weighted by Gasteiger charge is 2.18.